The first-order valence-electron chi connectivity index (χ1n) is 13.6. The summed E-state index contributed by atoms with van der Waals surface area (Å²) in [6.45, 7) is 9.88. The molecule has 0 aliphatic carbocycles. The van der Waals surface area contributed by atoms with E-state index in [1.807, 2.05) is 12.1 Å². The Morgan fingerprint density at radius 1 is 0.618 bits per heavy atom. The van der Waals surface area contributed by atoms with Gasteiger partial charge in [0.25, 0.3) is 0 Å². The van der Waals surface area contributed by atoms with Crippen molar-refractivity contribution in [1.29, 1.82) is 0 Å². The SMILES string of the molecule is C=Cc1ccc(/C=C\c2cc(OCCCCCCCC)ccc2OCCCCCCCC)cc1. The maximum absolute atomic E-state index is 6.18. The van der Waals surface area contributed by atoms with Crippen molar-refractivity contribution in [3.05, 3.63) is 65.7 Å². The smallest absolute Gasteiger partial charge is 0.126 e. The molecule has 2 nitrogen and oxygen atoms in total. The van der Waals surface area contributed by atoms with Crippen LogP contribution in [0.5, 0.6) is 11.5 Å². The van der Waals surface area contributed by atoms with Crippen LogP contribution < -0.4 is 9.47 Å². The monoisotopic (exact) mass is 462 g/mol. The molecule has 0 bridgehead atoms. The van der Waals surface area contributed by atoms with Gasteiger partial charge in [0.2, 0.25) is 0 Å². The van der Waals surface area contributed by atoms with Crippen LogP contribution in [0.15, 0.2) is 49.0 Å². The third-order valence-electron chi connectivity index (χ3n) is 6.13. The largest absolute Gasteiger partial charge is 0.494 e. The molecule has 2 aromatic rings. The average Bonchev–Trinajstić information content (AvgIpc) is 2.87. The molecule has 0 aromatic heterocycles. The average molecular weight is 463 g/mol. The zero-order chi connectivity index (χ0) is 24.3. The van der Waals surface area contributed by atoms with E-state index in [2.05, 4.69) is 69.0 Å². The van der Waals surface area contributed by atoms with Gasteiger partial charge in [0.15, 0.2) is 0 Å². The molecule has 2 rings (SSSR count). The highest BCUT2D eigenvalue weighted by Crippen LogP contribution is 2.27. The minimum Gasteiger partial charge on any atom is -0.494 e. The van der Waals surface area contributed by atoms with E-state index in [0.717, 1.165) is 54.2 Å². The summed E-state index contributed by atoms with van der Waals surface area (Å²) in [5.74, 6) is 1.85. The minimum absolute atomic E-state index is 0.763. The molecule has 0 unspecified atom stereocenters. The van der Waals surface area contributed by atoms with Crippen LogP contribution in [0.2, 0.25) is 0 Å². The summed E-state index contributed by atoms with van der Waals surface area (Å²) in [4.78, 5) is 0. The van der Waals surface area contributed by atoms with Crippen LogP contribution in [-0.2, 0) is 0 Å². The molecule has 186 valence electrons. The van der Waals surface area contributed by atoms with E-state index in [-0.39, 0.29) is 0 Å². The molecule has 34 heavy (non-hydrogen) atoms. The lowest BCUT2D eigenvalue weighted by atomic mass is 10.1. The van der Waals surface area contributed by atoms with Crippen molar-refractivity contribution in [2.24, 2.45) is 0 Å². The second kappa shape index (κ2) is 17.9. The van der Waals surface area contributed by atoms with Crippen molar-refractivity contribution in [2.45, 2.75) is 90.9 Å². The summed E-state index contributed by atoms with van der Waals surface area (Å²) in [5, 5.41) is 0. The van der Waals surface area contributed by atoms with Crippen molar-refractivity contribution >= 4 is 18.2 Å². The van der Waals surface area contributed by atoms with Gasteiger partial charge in [-0.3, -0.25) is 0 Å². The highest BCUT2D eigenvalue weighted by molar-refractivity contribution is 5.73. The highest BCUT2D eigenvalue weighted by atomic mass is 16.5. The van der Waals surface area contributed by atoms with Gasteiger partial charge in [-0.15, -0.1) is 0 Å². The zero-order valence-electron chi connectivity index (χ0n) is 21.7. The fourth-order valence-corrected chi connectivity index (χ4v) is 3.94. The normalized spacial score (nSPS) is 11.1. The Hall–Kier alpha value is -2.48. The zero-order valence-corrected chi connectivity index (χ0v) is 21.7. The van der Waals surface area contributed by atoms with Crippen molar-refractivity contribution in [1.82, 2.24) is 0 Å². The van der Waals surface area contributed by atoms with Crippen LogP contribution >= 0.6 is 0 Å². The second-order valence-electron chi connectivity index (χ2n) is 9.14. The minimum atomic E-state index is 0.763. The van der Waals surface area contributed by atoms with Gasteiger partial charge in [0.1, 0.15) is 11.5 Å². The van der Waals surface area contributed by atoms with E-state index in [0.29, 0.717) is 0 Å². The van der Waals surface area contributed by atoms with Gasteiger partial charge in [0, 0.05) is 5.56 Å². The third kappa shape index (κ3) is 11.6. The number of ether oxygens (including phenoxy) is 2. The molecule has 0 fully saturated rings. The molecule has 2 aromatic carbocycles. The molecule has 0 atom stereocenters. The molecule has 0 aliphatic heterocycles. The van der Waals surface area contributed by atoms with Crippen LogP contribution in [0, 0.1) is 0 Å². The first kappa shape index (κ1) is 27.8. The predicted octanol–water partition coefficient (Wildman–Crippen LogP) is 9.98. The lowest BCUT2D eigenvalue weighted by molar-refractivity contribution is 0.296. The summed E-state index contributed by atoms with van der Waals surface area (Å²) in [5.41, 5.74) is 3.36. The Morgan fingerprint density at radius 2 is 1.18 bits per heavy atom. The number of rotatable bonds is 19. The summed E-state index contributed by atoms with van der Waals surface area (Å²) < 4.78 is 12.3. The Morgan fingerprint density at radius 3 is 1.79 bits per heavy atom. The lowest BCUT2D eigenvalue weighted by Crippen LogP contribution is -2.01. The number of benzene rings is 2. The predicted molar refractivity (Wildman–Crippen MR) is 150 cm³/mol. The maximum Gasteiger partial charge on any atom is 0.126 e. The van der Waals surface area contributed by atoms with Crippen molar-refractivity contribution in [2.75, 3.05) is 13.2 Å². The molecular formula is C32H46O2. The van der Waals surface area contributed by atoms with E-state index in [9.17, 15) is 0 Å². The van der Waals surface area contributed by atoms with Crippen LogP contribution in [0.3, 0.4) is 0 Å². The van der Waals surface area contributed by atoms with Gasteiger partial charge in [-0.1, -0.05) is 127 Å². The Bertz CT molecular complexity index is 819. The van der Waals surface area contributed by atoms with Gasteiger partial charge in [-0.25, -0.2) is 0 Å². The van der Waals surface area contributed by atoms with Gasteiger partial charge >= 0.3 is 0 Å². The van der Waals surface area contributed by atoms with Crippen molar-refractivity contribution < 1.29 is 9.47 Å². The number of hydrogen-bond acceptors (Lipinski definition) is 2. The van der Waals surface area contributed by atoms with E-state index in [1.54, 1.807) is 0 Å². The van der Waals surface area contributed by atoms with Crippen LogP contribution in [0.4, 0.5) is 0 Å². The first-order chi connectivity index (χ1) is 16.8. The molecule has 0 saturated heterocycles. The topological polar surface area (TPSA) is 18.5 Å². The number of hydrogen-bond donors (Lipinski definition) is 0. The standard InChI is InChI=1S/C32H46O2/c1-4-7-9-11-13-15-25-33-31-23-24-32(34-26-16-14-12-10-8-5-2)30(27-31)22-21-29-19-17-28(6-3)18-20-29/h6,17-24,27H,3-5,7-16,25-26H2,1-2H3/b22-21-. The molecule has 0 amide bonds. The van der Waals surface area contributed by atoms with Crippen molar-refractivity contribution in [3.8, 4) is 11.5 Å². The molecule has 0 heterocycles. The molecule has 0 aliphatic rings. The quantitative estimate of drug-likeness (QED) is 0.153. The Kier molecular flexibility index (Phi) is 14.6. The molecule has 0 N–H and O–H groups in total. The summed E-state index contributed by atoms with van der Waals surface area (Å²) in [7, 11) is 0. The lowest BCUT2D eigenvalue weighted by Gasteiger charge is -2.12. The maximum atomic E-state index is 6.18. The molecule has 2 heteroatoms. The molecule has 0 saturated carbocycles. The van der Waals surface area contributed by atoms with E-state index in [1.165, 1.54) is 64.2 Å². The van der Waals surface area contributed by atoms with E-state index >= 15 is 0 Å². The number of unbranched alkanes of at least 4 members (excludes halogenated alkanes) is 10. The molecule has 0 spiro atoms. The summed E-state index contributed by atoms with van der Waals surface area (Å²) >= 11 is 0. The molecule has 0 radical (unpaired) electrons. The van der Waals surface area contributed by atoms with Gasteiger partial charge in [-0.05, 0) is 42.2 Å². The summed E-state index contributed by atoms with van der Waals surface area (Å²) in [6, 6.07) is 14.6. The van der Waals surface area contributed by atoms with E-state index < -0.39 is 0 Å². The van der Waals surface area contributed by atoms with Crippen molar-refractivity contribution in [3.63, 3.8) is 0 Å². The summed E-state index contributed by atoms with van der Waals surface area (Å²) in [6.07, 6.45) is 21.4. The van der Waals surface area contributed by atoms with Gasteiger partial charge < -0.3 is 9.47 Å². The van der Waals surface area contributed by atoms with Gasteiger partial charge in [-0.2, -0.15) is 0 Å². The van der Waals surface area contributed by atoms with E-state index in [4.69, 9.17) is 9.47 Å². The van der Waals surface area contributed by atoms with Crippen LogP contribution in [-0.4, -0.2) is 13.2 Å². The second-order valence-corrected chi connectivity index (χ2v) is 9.14. The van der Waals surface area contributed by atoms with Crippen LogP contribution in [0.1, 0.15) is 108 Å². The van der Waals surface area contributed by atoms with Gasteiger partial charge in [0.05, 0.1) is 13.2 Å². The first-order valence-corrected chi connectivity index (χ1v) is 13.6. The Balaban J connectivity index is 1.95. The molecular weight excluding hydrogens is 416 g/mol. The fraction of sp³-hybridized carbons (Fsp3) is 0.500. The third-order valence-corrected chi connectivity index (χ3v) is 6.13. The Labute approximate surface area is 209 Å². The highest BCUT2D eigenvalue weighted by Gasteiger charge is 2.05. The fourth-order valence-electron chi connectivity index (χ4n) is 3.94. The van der Waals surface area contributed by atoms with Crippen LogP contribution in [0.25, 0.3) is 18.2 Å².